The highest BCUT2D eigenvalue weighted by molar-refractivity contribution is 6.28. The van der Waals surface area contributed by atoms with Gasteiger partial charge in [-0.25, -0.2) is 9.37 Å². The molecule has 0 amide bonds. The minimum Gasteiger partial charge on any atom is -0.368 e. The summed E-state index contributed by atoms with van der Waals surface area (Å²) < 4.78 is 53.9. The van der Waals surface area contributed by atoms with E-state index in [0.717, 1.165) is 24.5 Å². The number of fused-ring (bicyclic) bond motifs is 1. The molecule has 1 aromatic carbocycles. The maximum absolute atomic E-state index is 13.9. The highest BCUT2D eigenvalue weighted by Gasteiger charge is 2.33. The van der Waals surface area contributed by atoms with Crippen LogP contribution in [0.15, 0.2) is 24.5 Å². The van der Waals surface area contributed by atoms with Crippen LogP contribution in [0.1, 0.15) is 36.8 Å². The molecule has 10 heteroatoms. The lowest BCUT2D eigenvalue weighted by Gasteiger charge is -2.25. The molecule has 1 saturated carbocycles. The maximum Gasteiger partial charge on any atom is 0.419 e. The largest absolute Gasteiger partial charge is 0.419 e. The molecule has 1 N–H and O–H groups in total. The van der Waals surface area contributed by atoms with E-state index in [-0.39, 0.29) is 11.8 Å². The number of alkyl halides is 3. The Morgan fingerprint density at radius 3 is 2.66 bits per heavy atom. The van der Waals surface area contributed by atoms with E-state index in [4.69, 9.17) is 11.6 Å². The van der Waals surface area contributed by atoms with Gasteiger partial charge in [-0.15, -0.1) is 0 Å². The monoisotopic (exact) mass is 427 g/mol. The summed E-state index contributed by atoms with van der Waals surface area (Å²) >= 11 is 5.99. The minimum absolute atomic E-state index is 0.0504. The highest BCUT2D eigenvalue weighted by atomic mass is 35.5. The molecule has 0 spiro atoms. The normalized spacial score (nSPS) is 14.9. The van der Waals surface area contributed by atoms with Crippen molar-refractivity contribution in [1.29, 1.82) is 0 Å². The third-order valence-corrected chi connectivity index (χ3v) is 5.38. The van der Waals surface area contributed by atoms with Gasteiger partial charge in [0.25, 0.3) is 0 Å². The van der Waals surface area contributed by atoms with Crippen LogP contribution in [0.3, 0.4) is 0 Å². The molecule has 1 aliphatic carbocycles. The van der Waals surface area contributed by atoms with Gasteiger partial charge >= 0.3 is 6.18 Å². The van der Waals surface area contributed by atoms with Crippen LogP contribution in [0.2, 0.25) is 5.28 Å². The Labute approximate surface area is 169 Å². The zero-order valence-corrected chi connectivity index (χ0v) is 16.1. The van der Waals surface area contributed by atoms with Crippen molar-refractivity contribution < 1.29 is 17.6 Å². The summed E-state index contributed by atoms with van der Waals surface area (Å²) in [5, 5.41) is 3.31. The topological polar surface area (TPSA) is 55.6 Å². The van der Waals surface area contributed by atoms with Crippen LogP contribution in [0.4, 0.5) is 23.4 Å². The molecule has 3 aromatic rings. The molecule has 4 rings (SSSR count). The van der Waals surface area contributed by atoms with Crippen LogP contribution in [-0.2, 0) is 12.7 Å². The number of benzene rings is 1. The molecule has 2 heterocycles. The fourth-order valence-corrected chi connectivity index (χ4v) is 3.62. The van der Waals surface area contributed by atoms with Crippen LogP contribution < -0.4 is 5.32 Å². The van der Waals surface area contributed by atoms with E-state index >= 15 is 0 Å². The second-order valence-electron chi connectivity index (χ2n) is 7.21. The quantitative estimate of drug-likeness (QED) is 0.429. The lowest BCUT2D eigenvalue weighted by atomic mass is 9.83. The summed E-state index contributed by atoms with van der Waals surface area (Å²) in [6.07, 6.45) is 1.51. The fourth-order valence-electron chi connectivity index (χ4n) is 3.46. The lowest BCUT2D eigenvalue weighted by Crippen LogP contribution is -2.16. The maximum atomic E-state index is 13.9. The van der Waals surface area contributed by atoms with E-state index in [1.54, 1.807) is 4.57 Å². The highest BCUT2D eigenvalue weighted by Crippen LogP contribution is 2.32. The standard InChI is InChI=1S/C19H18ClF4N5/c20-18-27-16(25-7-6-11-2-1-3-11)15-17(28-18)26-10-29(15)9-12-4-5-13(14(21)8-12)19(22,23)24/h4-5,8,10-11H,1-3,6-7,9H2,(H,25,27,28). The Morgan fingerprint density at radius 1 is 1.21 bits per heavy atom. The number of hydrogen-bond acceptors (Lipinski definition) is 4. The molecule has 0 bridgehead atoms. The Morgan fingerprint density at radius 2 is 2.00 bits per heavy atom. The Bertz CT molecular complexity index is 1030. The summed E-state index contributed by atoms with van der Waals surface area (Å²) in [5.41, 5.74) is 0.0159. The van der Waals surface area contributed by atoms with Crippen LogP contribution in [0.5, 0.6) is 0 Å². The second-order valence-corrected chi connectivity index (χ2v) is 7.55. The van der Waals surface area contributed by atoms with E-state index < -0.39 is 17.6 Å². The van der Waals surface area contributed by atoms with E-state index in [9.17, 15) is 17.6 Å². The van der Waals surface area contributed by atoms with E-state index in [1.807, 2.05) is 0 Å². The van der Waals surface area contributed by atoms with E-state index in [0.29, 0.717) is 29.1 Å². The van der Waals surface area contributed by atoms with Gasteiger partial charge in [0.15, 0.2) is 11.5 Å². The molecule has 154 valence electrons. The molecule has 0 radical (unpaired) electrons. The SMILES string of the molecule is Fc1cc(Cn2cnc3nc(Cl)nc(NCCC4CCC4)c32)ccc1C(F)(F)F. The van der Waals surface area contributed by atoms with Gasteiger partial charge in [0.05, 0.1) is 11.9 Å². The van der Waals surface area contributed by atoms with Gasteiger partial charge in [0, 0.05) is 13.1 Å². The van der Waals surface area contributed by atoms with Gasteiger partial charge in [-0.2, -0.15) is 23.1 Å². The fraction of sp³-hybridized carbons (Fsp3) is 0.421. The average molecular weight is 428 g/mol. The first kappa shape index (κ1) is 19.9. The molecule has 0 unspecified atom stereocenters. The van der Waals surface area contributed by atoms with Gasteiger partial charge < -0.3 is 9.88 Å². The molecule has 5 nitrogen and oxygen atoms in total. The molecule has 0 aliphatic heterocycles. The molecule has 1 aliphatic rings. The van der Waals surface area contributed by atoms with Gasteiger partial charge in [-0.05, 0) is 41.6 Å². The minimum atomic E-state index is -4.73. The second kappa shape index (κ2) is 7.78. The Kier molecular flexibility index (Phi) is 5.33. The number of nitrogens with zero attached hydrogens (tertiary/aromatic N) is 4. The van der Waals surface area contributed by atoms with Crippen LogP contribution in [0.25, 0.3) is 11.2 Å². The first-order valence-corrected chi connectivity index (χ1v) is 9.67. The van der Waals surface area contributed by atoms with Gasteiger partial charge in [-0.1, -0.05) is 25.3 Å². The zero-order chi connectivity index (χ0) is 20.6. The first-order chi connectivity index (χ1) is 13.8. The van der Waals surface area contributed by atoms with E-state index in [1.165, 1.54) is 31.7 Å². The third kappa shape index (κ3) is 4.29. The average Bonchev–Trinajstić information content (AvgIpc) is 2.98. The van der Waals surface area contributed by atoms with Crippen molar-refractivity contribution in [2.75, 3.05) is 11.9 Å². The smallest absolute Gasteiger partial charge is 0.368 e. The molecule has 0 atom stereocenters. The molecule has 29 heavy (non-hydrogen) atoms. The molecular weight excluding hydrogens is 410 g/mol. The predicted molar refractivity (Wildman–Crippen MR) is 101 cm³/mol. The third-order valence-electron chi connectivity index (χ3n) is 5.21. The van der Waals surface area contributed by atoms with Crippen molar-refractivity contribution in [3.63, 3.8) is 0 Å². The number of imidazole rings is 1. The molecular formula is C19H18ClF4N5. The van der Waals surface area contributed by atoms with Gasteiger partial charge in [0.2, 0.25) is 5.28 Å². The van der Waals surface area contributed by atoms with Gasteiger partial charge in [-0.3, -0.25) is 0 Å². The summed E-state index contributed by atoms with van der Waals surface area (Å²) in [6.45, 7) is 0.834. The summed E-state index contributed by atoms with van der Waals surface area (Å²) in [6, 6.07) is 2.88. The molecule has 2 aromatic heterocycles. The number of nitrogens with one attached hydrogen (secondary N) is 1. The summed E-state index contributed by atoms with van der Waals surface area (Å²) in [4.78, 5) is 12.5. The number of rotatable bonds is 6. The van der Waals surface area contributed by atoms with Gasteiger partial charge in [0.1, 0.15) is 11.3 Å². The summed E-state index contributed by atoms with van der Waals surface area (Å²) in [7, 11) is 0. The number of hydrogen-bond donors (Lipinski definition) is 1. The van der Waals surface area contributed by atoms with Crippen molar-refractivity contribution in [2.24, 2.45) is 5.92 Å². The first-order valence-electron chi connectivity index (χ1n) is 9.29. The number of aromatic nitrogens is 4. The Hall–Kier alpha value is -2.42. The Balaban J connectivity index is 1.59. The van der Waals surface area contributed by atoms with Crippen molar-refractivity contribution in [3.8, 4) is 0 Å². The van der Waals surface area contributed by atoms with E-state index in [2.05, 4.69) is 20.3 Å². The molecule has 1 fully saturated rings. The van der Waals surface area contributed by atoms with Crippen molar-refractivity contribution in [2.45, 2.75) is 38.4 Å². The molecule has 0 saturated heterocycles. The summed E-state index contributed by atoms with van der Waals surface area (Å²) in [5.74, 6) is -0.0860. The number of anilines is 1. The van der Waals surface area contributed by atoms with Crippen LogP contribution in [0, 0.1) is 11.7 Å². The van der Waals surface area contributed by atoms with Crippen molar-refractivity contribution in [3.05, 3.63) is 46.8 Å². The van der Waals surface area contributed by atoms with Crippen LogP contribution >= 0.6 is 11.6 Å². The van der Waals surface area contributed by atoms with Crippen LogP contribution in [-0.4, -0.2) is 26.1 Å². The van der Waals surface area contributed by atoms with Crippen molar-refractivity contribution >= 4 is 28.6 Å². The predicted octanol–water partition coefficient (Wildman–Crippen LogP) is 5.29. The lowest BCUT2D eigenvalue weighted by molar-refractivity contribution is -0.140. The number of halogens is 5. The zero-order valence-electron chi connectivity index (χ0n) is 15.3. The van der Waals surface area contributed by atoms with Crippen molar-refractivity contribution in [1.82, 2.24) is 19.5 Å².